The summed E-state index contributed by atoms with van der Waals surface area (Å²) in [6.07, 6.45) is -5.32. The van der Waals surface area contributed by atoms with E-state index in [0.29, 0.717) is 6.08 Å². The Balaban J connectivity index is 3.02. The Hall–Kier alpha value is -1.00. The first-order valence-electron chi connectivity index (χ1n) is 3.66. The fourth-order valence-electron chi connectivity index (χ4n) is 1.16. The lowest BCUT2D eigenvalue weighted by Crippen LogP contribution is -2.28. The third kappa shape index (κ3) is 2.02. The minimum atomic E-state index is -4.71. The number of alkyl halides is 4. The molecule has 0 bridgehead atoms. The monoisotopic (exact) mass is 196 g/mol. The van der Waals surface area contributed by atoms with E-state index in [1.807, 2.05) is 0 Å². The first-order chi connectivity index (χ1) is 5.82. The smallest absolute Gasteiger partial charge is 0.415 e. The summed E-state index contributed by atoms with van der Waals surface area (Å²) in [5, 5.41) is 8.85. The zero-order valence-electron chi connectivity index (χ0n) is 6.77. The molecule has 0 aromatic carbocycles. The summed E-state index contributed by atoms with van der Waals surface area (Å²) >= 11 is 0. The summed E-state index contributed by atoms with van der Waals surface area (Å²) in [5.41, 5.74) is -1.32. The van der Waals surface area contributed by atoms with Gasteiger partial charge in [0.05, 0.1) is 5.57 Å². The van der Waals surface area contributed by atoms with Crippen LogP contribution >= 0.6 is 0 Å². The maximum absolute atomic E-state index is 13.0. The molecule has 0 aromatic heterocycles. The van der Waals surface area contributed by atoms with Crippen LogP contribution in [0, 0.1) is 5.92 Å². The molecule has 1 aliphatic carbocycles. The van der Waals surface area contributed by atoms with Crippen molar-refractivity contribution in [2.24, 2.45) is 5.92 Å². The molecule has 74 valence electrons. The minimum Gasteiger partial charge on any atom is -0.508 e. The zero-order valence-corrected chi connectivity index (χ0v) is 6.77. The van der Waals surface area contributed by atoms with Gasteiger partial charge in [0.1, 0.15) is 11.9 Å². The number of hydrogen-bond acceptors (Lipinski definition) is 1. The lowest BCUT2D eigenvalue weighted by atomic mass is 9.92. The number of aliphatic hydroxyl groups excluding tert-OH is 1. The third-order valence-electron chi connectivity index (χ3n) is 1.82. The van der Waals surface area contributed by atoms with Crippen LogP contribution in [0.1, 0.15) is 6.92 Å². The Bertz CT molecular complexity index is 264. The average Bonchev–Trinajstić information content (AvgIpc) is 1.94. The van der Waals surface area contributed by atoms with Crippen LogP contribution in [0.15, 0.2) is 23.5 Å². The second-order valence-electron chi connectivity index (χ2n) is 2.95. The van der Waals surface area contributed by atoms with Crippen molar-refractivity contribution in [3.05, 3.63) is 23.5 Å². The molecule has 0 heterocycles. The van der Waals surface area contributed by atoms with Crippen molar-refractivity contribution in [2.75, 3.05) is 0 Å². The summed E-state index contributed by atoms with van der Waals surface area (Å²) in [5.74, 6) is -1.48. The van der Waals surface area contributed by atoms with Crippen LogP contribution in [0.25, 0.3) is 0 Å². The normalized spacial score (nSPS) is 29.6. The highest BCUT2D eigenvalue weighted by molar-refractivity contribution is 5.30. The van der Waals surface area contributed by atoms with Crippen LogP contribution in [-0.2, 0) is 0 Å². The number of hydrogen-bond donors (Lipinski definition) is 1. The molecule has 2 atom stereocenters. The molecule has 1 rings (SSSR count). The molecule has 0 fully saturated rings. The van der Waals surface area contributed by atoms with E-state index >= 15 is 0 Å². The summed E-state index contributed by atoms with van der Waals surface area (Å²) in [7, 11) is 0. The lowest BCUT2D eigenvalue weighted by Gasteiger charge is -2.22. The van der Waals surface area contributed by atoms with Crippen LogP contribution in [0.3, 0.4) is 0 Å². The second-order valence-corrected chi connectivity index (χ2v) is 2.95. The fraction of sp³-hybridized carbons (Fsp3) is 0.500. The van der Waals surface area contributed by atoms with Gasteiger partial charge in [-0.05, 0) is 12.2 Å². The lowest BCUT2D eigenvalue weighted by molar-refractivity contribution is -0.103. The first-order valence-corrected chi connectivity index (χ1v) is 3.66. The maximum Gasteiger partial charge on any atom is 0.415 e. The third-order valence-corrected chi connectivity index (χ3v) is 1.82. The molecule has 0 amide bonds. The molecular formula is C8H8F4O. The summed E-state index contributed by atoms with van der Waals surface area (Å²) in [6, 6.07) is 0. The van der Waals surface area contributed by atoms with E-state index in [1.54, 1.807) is 0 Å². The van der Waals surface area contributed by atoms with Crippen molar-refractivity contribution in [3.8, 4) is 0 Å². The summed E-state index contributed by atoms with van der Waals surface area (Å²) in [6.45, 7) is 1.28. The SMILES string of the molecule is CC1C=C(O)C=C(C(F)(F)F)C1F. The van der Waals surface area contributed by atoms with Gasteiger partial charge in [0.25, 0.3) is 0 Å². The quantitative estimate of drug-likeness (QED) is 0.590. The van der Waals surface area contributed by atoms with E-state index in [9.17, 15) is 17.6 Å². The average molecular weight is 196 g/mol. The van der Waals surface area contributed by atoms with Crippen molar-refractivity contribution in [3.63, 3.8) is 0 Å². The van der Waals surface area contributed by atoms with E-state index in [-0.39, 0.29) is 0 Å². The Morgan fingerprint density at radius 1 is 1.38 bits per heavy atom. The standard InChI is InChI=1S/C8H8F4O/c1-4-2-5(13)3-6(7(4)9)8(10,11)12/h2-4,7,13H,1H3. The Morgan fingerprint density at radius 3 is 2.38 bits per heavy atom. The number of allylic oxidation sites excluding steroid dienone is 3. The zero-order chi connectivity index (χ0) is 10.2. The Labute approximate surface area is 72.4 Å². The predicted molar refractivity (Wildman–Crippen MR) is 38.9 cm³/mol. The fourth-order valence-corrected chi connectivity index (χ4v) is 1.16. The summed E-state index contributed by atoms with van der Waals surface area (Å²) in [4.78, 5) is 0. The molecular weight excluding hydrogens is 188 g/mol. The highest BCUT2D eigenvalue weighted by Gasteiger charge is 2.42. The van der Waals surface area contributed by atoms with E-state index < -0.39 is 29.6 Å². The van der Waals surface area contributed by atoms with Crippen LogP contribution in [0.2, 0.25) is 0 Å². The van der Waals surface area contributed by atoms with Crippen LogP contribution in [0.5, 0.6) is 0 Å². The van der Waals surface area contributed by atoms with Gasteiger partial charge in [-0.25, -0.2) is 4.39 Å². The molecule has 0 saturated carbocycles. The Morgan fingerprint density at radius 2 is 1.92 bits per heavy atom. The van der Waals surface area contributed by atoms with Gasteiger partial charge in [-0.15, -0.1) is 0 Å². The van der Waals surface area contributed by atoms with Gasteiger partial charge in [-0.1, -0.05) is 6.92 Å². The molecule has 13 heavy (non-hydrogen) atoms. The number of aliphatic hydroxyl groups is 1. The highest BCUT2D eigenvalue weighted by Crippen LogP contribution is 2.36. The van der Waals surface area contributed by atoms with Gasteiger partial charge in [0.2, 0.25) is 0 Å². The van der Waals surface area contributed by atoms with Gasteiger partial charge < -0.3 is 5.11 Å². The molecule has 1 aliphatic rings. The van der Waals surface area contributed by atoms with Crippen molar-refractivity contribution in [2.45, 2.75) is 19.3 Å². The number of rotatable bonds is 0. The number of halogens is 4. The molecule has 5 heteroatoms. The second kappa shape index (κ2) is 3.05. The van der Waals surface area contributed by atoms with Gasteiger partial charge in [0, 0.05) is 5.92 Å². The molecule has 0 radical (unpaired) electrons. The molecule has 0 saturated heterocycles. The van der Waals surface area contributed by atoms with Crippen molar-refractivity contribution in [1.29, 1.82) is 0 Å². The van der Waals surface area contributed by atoms with Crippen LogP contribution in [-0.4, -0.2) is 17.5 Å². The van der Waals surface area contributed by atoms with Gasteiger partial charge in [0.15, 0.2) is 0 Å². The van der Waals surface area contributed by atoms with Gasteiger partial charge in [-0.2, -0.15) is 13.2 Å². The first kappa shape index (κ1) is 10.1. The van der Waals surface area contributed by atoms with Crippen LogP contribution in [0.4, 0.5) is 17.6 Å². The van der Waals surface area contributed by atoms with Crippen LogP contribution < -0.4 is 0 Å². The van der Waals surface area contributed by atoms with Gasteiger partial charge in [-0.3, -0.25) is 0 Å². The largest absolute Gasteiger partial charge is 0.508 e. The molecule has 0 aromatic rings. The van der Waals surface area contributed by atoms with Crippen molar-refractivity contribution < 1.29 is 22.7 Å². The van der Waals surface area contributed by atoms with Crippen molar-refractivity contribution >= 4 is 0 Å². The van der Waals surface area contributed by atoms with E-state index in [0.717, 1.165) is 6.08 Å². The minimum absolute atomic E-state index is 0.421. The van der Waals surface area contributed by atoms with E-state index in [1.165, 1.54) is 6.92 Å². The summed E-state index contributed by atoms with van der Waals surface area (Å²) < 4.78 is 49.2. The van der Waals surface area contributed by atoms with Gasteiger partial charge >= 0.3 is 6.18 Å². The Kier molecular flexibility index (Phi) is 2.36. The van der Waals surface area contributed by atoms with Crippen molar-refractivity contribution in [1.82, 2.24) is 0 Å². The molecule has 2 unspecified atom stereocenters. The molecule has 0 aliphatic heterocycles. The molecule has 0 spiro atoms. The predicted octanol–water partition coefficient (Wildman–Crippen LogP) is 2.90. The van der Waals surface area contributed by atoms with E-state index in [2.05, 4.69) is 0 Å². The van der Waals surface area contributed by atoms with E-state index in [4.69, 9.17) is 5.11 Å². The highest BCUT2D eigenvalue weighted by atomic mass is 19.4. The molecule has 1 nitrogen and oxygen atoms in total. The molecule has 1 N–H and O–H groups in total. The maximum atomic E-state index is 13.0. The topological polar surface area (TPSA) is 20.2 Å².